The third-order valence-corrected chi connectivity index (χ3v) is 8.74. The fourth-order valence-electron chi connectivity index (χ4n) is 6.80. The van der Waals surface area contributed by atoms with Gasteiger partial charge in [0.05, 0.1) is 17.6 Å². The van der Waals surface area contributed by atoms with Crippen molar-refractivity contribution in [1.29, 1.82) is 0 Å². The van der Waals surface area contributed by atoms with Gasteiger partial charge in [0.25, 0.3) is 0 Å². The lowest BCUT2D eigenvalue weighted by atomic mass is 9.81. The van der Waals surface area contributed by atoms with E-state index in [4.69, 9.17) is 14.2 Å². The number of piperidine rings is 1. The van der Waals surface area contributed by atoms with Crippen molar-refractivity contribution in [3.63, 3.8) is 0 Å². The Morgan fingerprint density at radius 3 is 2.34 bits per heavy atom. The topological polar surface area (TPSA) is 100 Å². The SMILES string of the molecule is CC[C@H]1OC(=O)[C@H](C)[C@H]2OC3(CCNCC3)O[C@@](C)(C[C@@H](C)CN(C)[C@H](C)[C@@H](O)[C@]1(C)O)C[C@H]2C. The van der Waals surface area contributed by atoms with Crippen LogP contribution in [0.25, 0.3) is 0 Å². The van der Waals surface area contributed by atoms with E-state index in [0.717, 1.165) is 45.3 Å². The number of carbonyl (C=O) groups is 1. The van der Waals surface area contributed by atoms with E-state index in [2.05, 4.69) is 31.0 Å². The summed E-state index contributed by atoms with van der Waals surface area (Å²) in [5, 5.41) is 26.0. The van der Waals surface area contributed by atoms with Gasteiger partial charge >= 0.3 is 5.97 Å². The van der Waals surface area contributed by atoms with Crippen LogP contribution >= 0.6 is 0 Å². The molecular weight excluding hydrogens is 448 g/mol. The fraction of sp³-hybridized carbons (Fsp3) is 0.963. The predicted molar refractivity (Wildman–Crippen MR) is 135 cm³/mol. The van der Waals surface area contributed by atoms with Gasteiger partial charge in [0.1, 0.15) is 17.8 Å². The molecule has 35 heavy (non-hydrogen) atoms. The molecule has 3 heterocycles. The Kier molecular flexibility index (Phi) is 8.98. The van der Waals surface area contributed by atoms with E-state index in [1.165, 1.54) is 0 Å². The summed E-state index contributed by atoms with van der Waals surface area (Å²) in [5.41, 5.74) is -2.00. The van der Waals surface area contributed by atoms with E-state index in [9.17, 15) is 15.0 Å². The van der Waals surface area contributed by atoms with Gasteiger partial charge in [-0.2, -0.15) is 0 Å². The number of cyclic esters (lactones) is 1. The highest BCUT2D eigenvalue weighted by Gasteiger charge is 2.51. The first-order valence-corrected chi connectivity index (χ1v) is 13.6. The molecule has 3 N–H and O–H groups in total. The Bertz CT molecular complexity index is 726. The molecule has 0 saturated carbocycles. The van der Waals surface area contributed by atoms with E-state index in [0.29, 0.717) is 6.42 Å². The second-order valence-electron chi connectivity index (χ2n) is 12.3. The van der Waals surface area contributed by atoms with Gasteiger partial charge in [-0.05, 0) is 65.8 Å². The van der Waals surface area contributed by atoms with Gasteiger partial charge in [-0.1, -0.05) is 20.8 Å². The highest BCUT2D eigenvalue weighted by Crippen LogP contribution is 2.45. The normalized spacial score (nSPS) is 46.5. The van der Waals surface area contributed by atoms with Crippen LogP contribution in [0.4, 0.5) is 0 Å². The third-order valence-electron chi connectivity index (χ3n) is 8.74. The maximum atomic E-state index is 13.5. The molecule has 3 fully saturated rings. The average molecular weight is 499 g/mol. The van der Waals surface area contributed by atoms with Crippen LogP contribution in [0.2, 0.25) is 0 Å². The zero-order chi connectivity index (χ0) is 26.2. The van der Waals surface area contributed by atoms with E-state index in [1.807, 2.05) is 27.8 Å². The van der Waals surface area contributed by atoms with E-state index < -0.39 is 41.1 Å². The van der Waals surface area contributed by atoms with Gasteiger partial charge in [-0.3, -0.25) is 4.79 Å². The van der Waals surface area contributed by atoms with Gasteiger partial charge < -0.3 is 34.6 Å². The lowest BCUT2D eigenvalue weighted by Gasteiger charge is -2.45. The zero-order valence-electron chi connectivity index (χ0n) is 23.2. The van der Waals surface area contributed by atoms with Crippen LogP contribution in [-0.4, -0.2) is 89.1 Å². The molecule has 0 aromatic carbocycles. The number of nitrogens with one attached hydrogen (secondary N) is 1. The number of rotatable bonds is 1. The van der Waals surface area contributed by atoms with Crippen LogP contribution in [0.3, 0.4) is 0 Å². The van der Waals surface area contributed by atoms with Crippen molar-refractivity contribution in [3.8, 4) is 0 Å². The number of ether oxygens (including phenoxy) is 3. The number of hydrogen-bond acceptors (Lipinski definition) is 8. The molecule has 3 aliphatic rings. The Morgan fingerprint density at radius 1 is 1.11 bits per heavy atom. The van der Waals surface area contributed by atoms with Crippen molar-refractivity contribution in [2.45, 2.75) is 122 Å². The first kappa shape index (κ1) is 28.8. The smallest absolute Gasteiger partial charge is 0.311 e. The number of esters is 1. The van der Waals surface area contributed by atoms with E-state index >= 15 is 0 Å². The van der Waals surface area contributed by atoms with Crippen LogP contribution in [0.15, 0.2) is 0 Å². The maximum Gasteiger partial charge on any atom is 0.311 e. The summed E-state index contributed by atoms with van der Waals surface area (Å²) >= 11 is 0. The van der Waals surface area contributed by atoms with Crippen molar-refractivity contribution < 1.29 is 29.2 Å². The summed E-state index contributed by atoms with van der Waals surface area (Å²) in [6.07, 6.45) is 1.20. The summed E-state index contributed by atoms with van der Waals surface area (Å²) in [4.78, 5) is 15.5. The molecule has 3 aliphatic heterocycles. The summed E-state index contributed by atoms with van der Waals surface area (Å²) in [7, 11) is 1.97. The van der Waals surface area contributed by atoms with Crippen LogP contribution in [0, 0.1) is 17.8 Å². The van der Waals surface area contributed by atoms with Gasteiger partial charge in [-0.25, -0.2) is 0 Å². The van der Waals surface area contributed by atoms with Crippen molar-refractivity contribution in [1.82, 2.24) is 10.2 Å². The van der Waals surface area contributed by atoms with Crippen molar-refractivity contribution in [3.05, 3.63) is 0 Å². The number of carbonyl (C=O) groups excluding carboxylic acids is 1. The molecule has 0 aliphatic carbocycles. The molecule has 0 amide bonds. The Morgan fingerprint density at radius 2 is 1.74 bits per heavy atom. The zero-order valence-corrected chi connectivity index (χ0v) is 23.2. The second-order valence-corrected chi connectivity index (χ2v) is 12.3. The standard InChI is InChI=1S/C27H50N2O6/c1-9-21-26(7,32)23(30)20(5)29(8)16-17(2)14-25(6)15-18(3)22(19(4)24(31)33-21)34-27(35-25)10-12-28-13-11-27/h17-23,28,30,32H,9-16H2,1-8H3/t17-,18-,19-,20-,21-,22+,23-,25+,26-/m1/s1. The molecule has 8 nitrogen and oxygen atoms in total. The second kappa shape index (κ2) is 10.9. The van der Waals surface area contributed by atoms with Crippen LogP contribution in [-0.2, 0) is 19.0 Å². The lowest BCUT2D eigenvalue weighted by molar-refractivity contribution is -0.304. The molecule has 3 saturated heterocycles. The quantitative estimate of drug-likeness (QED) is 0.475. The fourth-order valence-corrected chi connectivity index (χ4v) is 6.80. The van der Waals surface area contributed by atoms with Crippen LogP contribution in [0.1, 0.15) is 80.6 Å². The predicted octanol–water partition coefficient (Wildman–Crippen LogP) is 2.70. The summed E-state index contributed by atoms with van der Waals surface area (Å²) in [5.74, 6) is -1.30. The first-order valence-electron chi connectivity index (χ1n) is 13.6. The number of nitrogens with zero attached hydrogens (tertiary/aromatic N) is 1. The summed E-state index contributed by atoms with van der Waals surface area (Å²) in [6.45, 7) is 16.1. The number of likely N-dealkylation sites (N-methyl/N-ethyl adjacent to an activating group) is 1. The van der Waals surface area contributed by atoms with Crippen LogP contribution in [0.5, 0.6) is 0 Å². The van der Waals surface area contributed by atoms with Gasteiger partial charge in [0.15, 0.2) is 5.79 Å². The Labute approximate surface area is 212 Å². The molecule has 8 heteroatoms. The number of aliphatic hydroxyl groups is 2. The molecule has 1 spiro atoms. The molecule has 0 radical (unpaired) electrons. The van der Waals surface area contributed by atoms with Gasteiger partial charge in [-0.15, -0.1) is 0 Å². The maximum absolute atomic E-state index is 13.5. The van der Waals surface area contributed by atoms with E-state index in [1.54, 1.807) is 6.92 Å². The first-order chi connectivity index (χ1) is 16.2. The molecule has 204 valence electrons. The Balaban J connectivity index is 2.03. The van der Waals surface area contributed by atoms with Crippen molar-refractivity contribution >= 4 is 5.97 Å². The van der Waals surface area contributed by atoms with E-state index in [-0.39, 0.29) is 24.0 Å². The molecule has 0 aromatic rings. The van der Waals surface area contributed by atoms with Crippen molar-refractivity contribution in [2.75, 3.05) is 26.7 Å². The largest absolute Gasteiger partial charge is 0.459 e. The molecule has 2 bridgehead atoms. The average Bonchev–Trinajstić information content (AvgIpc) is 2.88. The van der Waals surface area contributed by atoms with Gasteiger partial charge in [0, 0.05) is 38.5 Å². The molecule has 9 atom stereocenters. The Hall–Kier alpha value is -0.770. The van der Waals surface area contributed by atoms with Crippen molar-refractivity contribution in [2.24, 2.45) is 17.8 Å². The lowest BCUT2D eigenvalue weighted by Crippen LogP contribution is -2.59. The number of fused-ring (bicyclic) bond motifs is 3. The minimum absolute atomic E-state index is 0.0805. The van der Waals surface area contributed by atoms with Gasteiger partial charge in [0.2, 0.25) is 0 Å². The minimum Gasteiger partial charge on any atom is -0.459 e. The third kappa shape index (κ3) is 6.21. The summed E-state index contributed by atoms with van der Waals surface area (Å²) in [6, 6.07) is -0.325. The minimum atomic E-state index is -1.59. The highest BCUT2D eigenvalue weighted by molar-refractivity contribution is 5.73. The summed E-state index contributed by atoms with van der Waals surface area (Å²) < 4.78 is 19.6. The highest BCUT2D eigenvalue weighted by atomic mass is 16.7. The molecule has 0 unspecified atom stereocenters. The molecule has 3 rings (SSSR count). The van der Waals surface area contributed by atoms with Crippen LogP contribution < -0.4 is 5.32 Å². The number of aliphatic hydroxyl groups excluding tert-OH is 1. The number of hydrogen-bond donors (Lipinski definition) is 3. The molecular formula is C27H50N2O6. The molecule has 0 aromatic heterocycles. The monoisotopic (exact) mass is 498 g/mol.